The van der Waals surface area contributed by atoms with Gasteiger partial charge in [-0.2, -0.15) is 4.98 Å². The van der Waals surface area contributed by atoms with E-state index in [4.69, 9.17) is 4.52 Å². The molecule has 0 unspecified atom stereocenters. The molecule has 0 fully saturated rings. The molecule has 3 rings (SSSR count). The van der Waals surface area contributed by atoms with Gasteiger partial charge in [-0.1, -0.05) is 41.1 Å². The van der Waals surface area contributed by atoms with Crippen LogP contribution < -0.4 is 5.32 Å². The van der Waals surface area contributed by atoms with E-state index in [2.05, 4.69) is 15.5 Å². The van der Waals surface area contributed by atoms with E-state index in [1.165, 1.54) is 0 Å². The molecule has 1 aromatic heterocycles. The molecule has 0 atom stereocenters. The molecule has 0 aliphatic rings. The number of aromatic nitrogens is 2. The fourth-order valence-electron chi connectivity index (χ4n) is 2.60. The number of carbonyl (C=O) groups is 1. The predicted octanol–water partition coefficient (Wildman–Crippen LogP) is 3.23. The largest absolute Gasteiger partial charge is 0.339 e. The summed E-state index contributed by atoms with van der Waals surface area (Å²) in [5.41, 5.74) is 2.70. The molecule has 0 saturated carbocycles. The van der Waals surface area contributed by atoms with Gasteiger partial charge in [-0.25, -0.2) is 8.42 Å². The third-order valence-electron chi connectivity index (χ3n) is 4.19. The number of nitrogens with zero attached hydrogens (tertiary/aromatic N) is 2. The molecule has 0 aliphatic carbocycles. The van der Waals surface area contributed by atoms with Crippen molar-refractivity contribution < 1.29 is 17.7 Å². The van der Waals surface area contributed by atoms with Gasteiger partial charge in [0.1, 0.15) is 5.75 Å². The Labute approximate surface area is 163 Å². The molecule has 0 aliphatic heterocycles. The number of hydrogen-bond acceptors (Lipinski definition) is 6. The number of amides is 1. The highest BCUT2D eigenvalue weighted by Gasteiger charge is 2.19. The standard InChI is InChI=1S/C20H21N3O4S/c1-14-7-9-16(10-8-14)28(25,26)13-18-22-20(27-23-18)12-11-19(24)21-17-6-4-3-5-15(17)2/h3-10H,11-13H2,1-2H3,(H,21,24). The fraction of sp³-hybridized carbons (Fsp3) is 0.250. The number of nitrogens with one attached hydrogen (secondary N) is 1. The van der Waals surface area contributed by atoms with Crippen molar-refractivity contribution in [3.63, 3.8) is 0 Å². The van der Waals surface area contributed by atoms with Crippen molar-refractivity contribution in [2.24, 2.45) is 0 Å². The Kier molecular flexibility index (Phi) is 5.89. The minimum absolute atomic E-state index is 0.0786. The fourth-order valence-corrected chi connectivity index (χ4v) is 3.77. The summed E-state index contributed by atoms with van der Waals surface area (Å²) in [5, 5.41) is 6.55. The highest BCUT2D eigenvalue weighted by Crippen LogP contribution is 2.17. The summed E-state index contributed by atoms with van der Waals surface area (Å²) < 4.78 is 30.0. The lowest BCUT2D eigenvalue weighted by molar-refractivity contribution is -0.116. The van der Waals surface area contributed by atoms with Gasteiger partial charge in [0, 0.05) is 18.5 Å². The number of benzene rings is 2. The average Bonchev–Trinajstić information content (AvgIpc) is 3.09. The lowest BCUT2D eigenvalue weighted by atomic mass is 10.2. The van der Waals surface area contributed by atoms with E-state index in [1.54, 1.807) is 24.3 Å². The molecule has 8 heteroatoms. The summed E-state index contributed by atoms with van der Waals surface area (Å²) in [7, 11) is -3.56. The van der Waals surface area contributed by atoms with Crippen molar-refractivity contribution in [1.29, 1.82) is 0 Å². The van der Waals surface area contributed by atoms with Gasteiger partial charge in [-0.15, -0.1) is 0 Å². The van der Waals surface area contributed by atoms with Gasteiger partial charge in [-0.3, -0.25) is 4.79 Å². The zero-order valence-corrected chi connectivity index (χ0v) is 16.5. The summed E-state index contributed by atoms with van der Waals surface area (Å²) in [5.74, 6) is -0.222. The molecule has 7 nitrogen and oxygen atoms in total. The maximum absolute atomic E-state index is 12.4. The molecule has 0 radical (unpaired) electrons. The lowest BCUT2D eigenvalue weighted by Crippen LogP contribution is -2.13. The zero-order chi connectivity index (χ0) is 20.1. The second-order valence-electron chi connectivity index (χ2n) is 6.54. The summed E-state index contributed by atoms with van der Waals surface area (Å²) in [6.45, 7) is 3.80. The molecular formula is C20H21N3O4S. The molecule has 3 aromatic rings. The molecule has 146 valence electrons. The normalized spacial score (nSPS) is 11.4. The molecule has 0 bridgehead atoms. The van der Waals surface area contributed by atoms with Crippen molar-refractivity contribution in [3.8, 4) is 0 Å². The highest BCUT2D eigenvalue weighted by molar-refractivity contribution is 7.90. The van der Waals surface area contributed by atoms with Crippen LogP contribution in [-0.4, -0.2) is 24.5 Å². The minimum Gasteiger partial charge on any atom is -0.339 e. The molecule has 1 heterocycles. The monoisotopic (exact) mass is 399 g/mol. The van der Waals surface area contributed by atoms with Crippen LogP contribution in [0.4, 0.5) is 5.69 Å². The van der Waals surface area contributed by atoms with Crippen molar-refractivity contribution in [3.05, 3.63) is 71.4 Å². The second-order valence-corrected chi connectivity index (χ2v) is 8.53. The van der Waals surface area contributed by atoms with Gasteiger partial charge in [0.2, 0.25) is 11.8 Å². The third kappa shape index (κ3) is 5.04. The lowest BCUT2D eigenvalue weighted by Gasteiger charge is -2.06. The van der Waals surface area contributed by atoms with Crippen LogP contribution in [0.15, 0.2) is 57.9 Å². The first-order valence-electron chi connectivity index (χ1n) is 8.80. The highest BCUT2D eigenvalue weighted by atomic mass is 32.2. The molecule has 0 saturated heterocycles. The maximum atomic E-state index is 12.4. The Hall–Kier alpha value is -3.00. The number of carbonyl (C=O) groups excluding carboxylic acids is 1. The number of sulfone groups is 1. The number of aryl methyl sites for hydroxylation is 3. The van der Waals surface area contributed by atoms with Crippen molar-refractivity contribution in [2.75, 3.05) is 5.32 Å². The Morgan fingerprint density at radius 3 is 2.50 bits per heavy atom. The summed E-state index contributed by atoms with van der Waals surface area (Å²) in [6, 6.07) is 14.1. The SMILES string of the molecule is Cc1ccc(S(=O)(=O)Cc2noc(CCC(=O)Nc3ccccc3C)n2)cc1. The smallest absolute Gasteiger partial charge is 0.227 e. The molecule has 0 spiro atoms. The maximum Gasteiger partial charge on any atom is 0.227 e. The first-order valence-corrected chi connectivity index (χ1v) is 10.4. The summed E-state index contributed by atoms with van der Waals surface area (Å²) in [4.78, 5) is 16.4. The molecule has 1 N–H and O–H groups in total. The van der Waals surface area contributed by atoms with E-state index in [0.717, 1.165) is 16.8 Å². The van der Waals surface area contributed by atoms with Crippen LogP contribution in [0, 0.1) is 13.8 Å². The van der Waals surface area contributed by atoms with Crippen LogP contribution >= 0.6 is 0 Å². The number of para-hydroxylation sites is 1. The zero-order valence-electron chi connectivity index (χ0n) is 15.7. The van der Waals surface area contributed by atoms with Crippen LogP contribution in [-0.2, 0) is 26.8 Å². The summed E-state index contributed by atoms with van der Waals surface area (Å²) >= 11 is 0. The first-order chi connectivity index (χ1) is 13.3. The number of anilines is 1. The first kappa shape index (κ1) is 19.8. The quantitative estimate of drug-likeness (QED) is 0.654. The van der Waals surface area contributed by atoms with E-state index in [1.807, 2.05) is 38.1 Å². The summed E-state index contributed by atoms with van der Waals surface area (Å²) in [6.07, 6.45) is 0.385. The molecule has 28 heavy (non-hydrogen) atoms. The van der Waals surface area contributed by atoms with E-state index in [9.17, 15) is 13.2 Å². The number of rotatable bonds is 7. The topological polar surface area (TPSA) is 102 Å². The van der Waals surface area contributed by atoms with Crippen molar-refractivity contribution in [2.45, 2.75) is 37.3 Å². The second kappa shape index (κ2) is 8.35. The predicted molar refractivity (Wildman–Crippen MR) is 104 cm³/mol. The Bertz CT molecular complexity index is 1070. The van der Waals surface area contributed by atoms with Crippen LogP contribution in [0.25, 0.3) is 0 Å². The van der Waals surface area contributed by atoms with Crippen LogP contribution in [0.2, 0.25) is 0 Å². The minimum atomic E-state index is -3.56. The van der Waals surface area contributed by atoms with Gasteiger partial charge in [0.05, 0.1) is 4.90 Å². The van der Waals surface area contributed by atoms with Crippen molar-refractivity contribution in [1.82, 2.24) is 10.1 Å². The molecule has 1 amide bonds. The third-order valence-corrected chi connectivity index (χ3v) is 5.82. The van der Waals surface area contributed by atoms with E-state index in [0.29, 0.717) is 0 Å². The Morgan fingerprint density at radius 1 is 1.07 bits per heavy atom. The van der Waals surface area contributed by atoms with Gasteiger partial charge >= 0.3 is 0 Å². The van der Waals surface area contributed by atoms with Gasteiger partial charge in [-0.05, 0) is 37.6 Å². The van der Waals surface area contributed by atoms with Gasteiger partial charge < -0.3 is 9.84 Å². The van der Waals surface area contributed by atoms with Crippen LogP contribution in [0.3, 0.4) is 0 Å². The molecule has 2 aromatic carbocycles. The Morgan fingerprint density at radius 2 is 1.79 bits per heavy atom. The van der Waals surface area contributed by atoms with E-state index < -0.39 is 9.84 Å². The van der Waals surface area contributed by atoms with Gasteiger partial charge in [0.25, 0.3) is 0 Å². The van der Waals surface area contributed by atoms with Gasteiger partial charge in [0.15, 0.2) is 15.7 Å². The number of hydrogen-bond donors (Lipinski definition) is 1. The van der Waals surface area contributed by atoms with E-state index >= 15 is 0 Å². The Balaban J connectivity index is 1.57. The average molecular weight is 399 g/mol. The van der Waals surface area contributed by atoms with E-state index in [-0.39, 0.29) is 41.1 Å². The van der Waals surface area contributed by atoms with Crippen LogP contribution in [0.5, 0.6) is 0 Å². The van der Waals surface area contributed by atoms with Crippen LogP contribution in [0.1, 0.15) is 29.3 Å². The van der Waals surface area contributed by atoms with Crippen molar-refractivity contribution >= 4 is 21.4 Å². The molecular weight excluding hydrogens is 378 g/mol.